The van der Waals surface area contributed by atoms with Crippen LogP contribution in [0.25, 0.3) is 6.08 Å². The third-order valence-electron chi connectivity index (χ3n) is 3.72. The zero-order valence-corrected chi connectivity index (χ0v) is 14.2. The number of rotatable bonds is 4. The lowest BCUT2D eigenvalue weighted by Gasteiger charge is -2.33. The van der Waals surface area contributed by atoms with Crippen LogP contribution in [0.1, 0.15) is 39.3 Å². The molecule has 23 heavy (non-hydrogen) atoms. The van der Waals surface area contributed by atoms with Crippen molar-refractivity contribution in [1.29, 1.82) is 0 Å². The predicted octanol–water partition coefficient (Wildman–Crippen LogP) is 3.75. The van der Waals surface area contributed by atoms with Crippen molar-refractivity contribution in [3.05, 3.63) is 30.6 Å². The molecule has 1 fully saturated rings. The van der Waals surface area contributed by atoms with E-state index in [0.717, 1.165) is 37.4 Å². The summed E-state index contributed by atoms with van der Waals surface area (Å²) in [6, 6.07) is 3.79. The molecule has 1 aromatic rings. The molecule has 0 radical (unpaired) electrons. The fourth-order valence-electron chi connectivity index (χ4n) is 2.42. The van der Waals surface area contributed by atoms with Gasteiger partial charge < -0.3 is 14.4 Å². The Hall–Kier alpha value is -2.04. The molecule has 0 aromatic carbocycles. The molecule has 1 aliphatic heterocycles. The van der Waals surface area contributed by atoms with E-state index in [4.69, 9.17) is 9.47 Å². The van der Waals surface area contributed by atoms with Crippen LogP contribution in [0, 0.1) is 5.92 Å². The maximum atomic E-state index is 12.0. The summed E-state index contributed by atoms with van der Waals surface area (Å²) in [4.78, 5) is 18.0. The number of hydrogen-bond acceptors (Lipinski definition) is 4. The molecule has 0 saturated carbocycles. The fourth-order valence-corrected chi connectivity index (χ4v) is 2.42. The number of aromatic nitrogens is 1. The van der Waals surface area contributed by atoms with Crippen molar-refractivity contribution in [2.45, 2.75) is 39.2 Å². The van der Waals surface area contributed by atoms with E-state index in [9.17, 15) is 4.79 Å². The molecule has 0 atom stereocenters. The van der Waals surface area contributed by atoms with Gasteiger partial charge >= 0.3 is 6.09 Å². The van der Waals surface area contributed by atoms with Gasteiger partial charge in [0.05, 0.1) is 18.5 Å². The highest BCUT2D eigenvalue weighted by Gasteiger charge is 2.27. The summed E-state index contributed by atoms with van der Waals surface area (Å²) >= 11 is 0. The maximum Gasteiger partial charge on any atom is 0.410 e. The Morgan fingerprint density at radius 3 is 2.61 bits per heavy atom. The van der Waals surface area contributed by atoms with Crippen LogP contribution in [0.5, 0.6) is 5.75 Å². The smallest absolute Gasteiger partial charge is 0.410 e. The summed E-state index contributed by atoms with van der Waals surface area (Å²) in [5.74, 6) is 1.22. The van der Waals surface area contributed by atoms with Gasteiger partial charge in [-0.25, -0.2) is 4.79 Å². The first-order valence-electron chi connectivity index (χ1n) is 8.06. The van der Waals surface area contributed by atoms with E-state index >= 15 is 0 Å². The molecule has 0 spiro atoms. The molecule has 5 heteroatoms. The number of pyridine rings is 1. The van der Waals surface area contributed by atoms with Gasteiger partial charge in [-0.2, -0.15) is 0 Å². The maximum absolute atomic E-state index is 12.0. The van der Waals surface area contributed by atoms with Crippen LogP contribution in [0.4, 0.5) is 4.79 Å². The largest absolute Gasteiger partial charge is 0.492 e. The lowest BCUT2D eigenvalue weighted by molar-refractivity contribution is 0.0165. The minimum Gasteiger partial charge on any atom is -0.492 e. The number of hydrogen-bond donors (Lipinski definition) is 0. The molecule has 2 rings (SSSR count). The summed E-state index contributed by atoms with van der Waals surface area (Å²) in [6.07, 6.45) is 5.05. The highest BCUT2D eigenvalue weighted by Crippen LogP contribution is 2.21. The molecule has 1 aromatic heterocycles. The number of nitrogens with zero attached hydrogens (tertiary/aromatic N) is 2. The van der Waals surface area contributed by atoms with E-state index in [1.54, 1.807) is 17.2 Å². The van der Waals surface area contributed by atoms with Gasteiger partial charge in [0.25, 0.3) is 0 Å². The lowest BCUT2D eigenvalue weighted by Crippen LogP contribution is -2.42. The average Bonchev–Trinajstić information content (AvgIpc) is 2.52. The van der Waals surface area contributed by atoms with Gasteiger partial charge in [0, 0.05) is 13.1 Å². The number of amides is 1. The van der Waals surface area contributed by atoms with Gasteiger partial charge in [0.2, 0.25) is 0 Å². The van der Waals surface area contributed by atoms with Crippen LogP contribution in [-0.2, 0) is 4.74 Å². The zero-order chi connectivity index (χ0) is 16.9. The van der Waals surface area contributed by atoms with E-state index in [1.165, 1.54) is 0 Å². The van der Waals surface area contributed by atoms with Crippen LogP contribution < -0.4 is 4.74 Å². The number of carbonyl (C=O) groups is 1. The molecular weight excluding hydrogens is 292 g/mol. The monoisotopic (exact) mass is 318 g/mol. The van der Waals surface area contributed by atoms with Crippen molar-refractivity contribution >= 4 is 12.2 Å². The standard InChI is InChI=1S/C18H26N2O3/c1-5-15-6-7-16(12-19-15)22-13-14-8-10-20(11-9-14)17(21)23-18(2,3)4/h5-7,12,14H,1,8-11,13H2,2-4H3. The van der Waals surface area contributed by atoms with Gasteiger partial charge in [-0.15, -0.1) is 0 Å². The van der Waals surface area contributed by atoms with Gasteiger partial charge in [0.15, 0.2) is 0 Å². The Morgan fingerprint density at radius 2 is 2.09 bits per heavy atom. The average molecular weight is 318 g/mol. The second-order valence-corrected chi connectivity index (χ2v) is 6.84. The van der Waals surface area contributed by atoms with Crippen LogP contribution >= 0.6 is 0 Å². The quantitative estimate of drug-likeness (QED) is 0.848. The van der Waals surface area contributed by atoms with Crippen molar-refractivity contribution < 1.29 is 14.3 Å². The Bertz CT molecular complexity index is 526. The topological polar surface area (TPSA) is 51.7 Å². The molecule has 0 N–H and O–H groups in total. The van der Waals surface area contributed by atoms with Crippen LogP contribution in [0.3, 0.4) is 0 Å². The number of ether oxygens (including phenoxy) is 2. The first-order chi connectivity index (χ1) is 10.9. The first kappa shape index (κ1) is 17.3. The van der Waals surface area contributed by atoms with Crippen LogP contribution in [0.15, 0.2) is 24.9 Å². The molecule has 2 heterocycles. The summed E-state index contributed by atoms with van der Waals surface area (Å²) < 4.78 is 11.2. The van der Waals surface area contributed by atoms with E-state index < -0.39 is 5.60 Å². The number of piperidine rings is 1. The Morgan fingerprint density at radius 1 is 1.39 bits per heavy atom. The number of carbonyl (C=O) groups excluding carboxylic acids is 1. The predicted molar refractivity (Wildman–Crippen MR) is 90.4 cm³/mol. The molecule has 1 aliphatic rings. The van der Waals surface area contributed by atoms with E-state index in [2.05, 4.69) is 11.6 Å². The van der Waals surface area contributed by atoms with E-state index in [0.29, 0.717) is 12.5 Å². The van der Waals surface area contributed by atoms with Crippen molar-refractivity contribution in [2.75, 3.05) is 19.7 Å². The van der Waals surface area contributed by atoms with Gasteiger partial charge in [-0.05, 0) is 57.7 Å². The molecule has 5 nitrogen and oxygen atoms in total. The van der Waals surface area contributed by atoms with Gasteiger partial charge in [-0.3, -0.25) is 4.98 Å². The van der Waals surface area contributed by atoms with Crippen LogP contribution in [0.2, 0.25) is 0 Å². The summed E-state index contributed by atoms with van der Waals surface area (Å²) in [5, 5.41) is 0. The van der Waals surface area contributed by atoms with Crippen molar-refractivity contribution in [2.24, 2.45) is 5.92 Å². The highest BCUT2D eigenvalue weighted by atomic mass is 16.6. The summed E-state index contributed by atoms with van der Waals surface area (Å²) in [5.41, 5.74) is 0.393. The second-order valence-electron chi connectivity index (χ2n) is 6.84. The molecule has 0 aliphatic carbocycles. The molecule has 0 unspecified atom stereocenters. The van der Waals surface area contributed by atoms with Crippen molar-refractivity contribution in [3.63, 3.8) is 0 Å². The summed E-state index contributed by atoms with van der Waals surface area (Å²) in [6.45, 7) is 11.4. The molecule has 0 bridgehead atoms. The lowest BCUT2D eigenvalue weighted by atomic mass is 9.98. The highest BCUT2D eigenvalue weighted by molar-refractivity contribution is 5.68. The molecule has 1 saturated heterocycles. The van der Waals surface area contributed by atoms with Crippen molar-refractivity contribution in [3.8, 4) is 5.75 Å². The second kappa shape index (κ2) is 7.49. The Labute approximate surface area is 138 Å². The fraction of sp³-hybridized carbons (Fsp3) is 0.556. The van der Waals surface area contributed by atoms with E-state index in [1.807, 2.05) is 32.9 Å². The normalized spacial score (nSPS) is 16.0. The van der Waals surface area contributed by atoms with Gasteiger partial charge in [0.1, 0.15) is 11.4 Å². The van der Waals surface area contributed by atoms with Crippen LogP contribution in [-0.4, -0.2) is 41.3 Å². The molecule has 1 amide bonds. The van der Waals surface area contributed by atoms with Gasteiger partial charge in [-0.1, -0.05) is 6.58 Å². The van der Waals surface area contributed by atoms with Crippen molar-refractivity contribution in [1.82, 2.24) is 9.88 Å². The molecular formula is C18H26N2O3. The third kappa shape index (κ3) is 5.58. The Kier molecular flexibility index (Phi) is 5.64. The third-order valence-corrected chi connectivity index (χ3v) is 3.72. The molecule has 126 valence electrons. The number of likely N-dealkylation sites (tertiary alicyclic amines) is 1. The zero-order valence-electron chi connectivity index (χ0n) is 14.2. The first-order valence-corrected chi connectivity index (χ1v) is 8.06. The summed E-state index contributed by atoms with van der Waals surface area (Å²) in [7, 11) is 0. The van der Waals surface area contributed by atoms with E-state index in [-0.39, 0.29) is 6.09 Å². The minimum atomic E-state index is -0.443. The minimum absolute atomic E-state index is 0.221. The Balaban J connectivity index is 1.74. The SMILES string of the molecule is C=Cc1ccc(OCC2CCN(C(=O)OC(C)(C)C)CC2)cn1.